The number of nitrogens with zero attached hydrogens (tertiary/aromatic N) is 3. The Hall–Kier alpha value is -3.53. The van der Waals surface area contributed by atoms with E-state index < -0.39 is 0 Å². The van der Waals surface area contributed by atoms with Crippen molar-refractivity contribution in [3.8, 4) is 0 Å². The van der Waals surface area contributed by atoms with E-state index in [0.29, 0.717) is 33.3 Å². The van der Waals surface area contributed by atoms with Crippen LogP contribution in [0, 0.1) is 0 Å². The van der Waals surface area contributed by atoms with Crippen LogP contribution in [0.1, 0.15) is 16.2 Å². The van der Waals surface area contributed by atoms with Gasteiger partial charge in [-0.2, -0.15) is 4.98 Å². The van der Waals surface area contributed by atoms with Crippen molar-refractivity contribution in [2.75, 3.05) is 5.73 Å². The molecule has 0 unspecified atom stereocenters. The second kappa shape index (κ2) is 7.57. The maximum absolute atomic E-state index is 12.2. The number of hydrogen-bond donors (Lipinski definition) is 3. The Morgan fingerprint density at radius 3 is 2.92 bits per heavy atom. The lowest BCUT2D eigenvalue weighted by molar-refractivity contribution is -0.122. The van der Waals surface area contributed by atoms with E-state index in [2.05, 4.69) is 20.3 Å². The number of carbonyl (C=O) groups is 2. The van der Waals surface area contributed by atoms with Crippen molar-refractivity contribution in [1.29, 1.82) is 0 Å². The number of nitrogen functional groups attached to an aromatic ring is 1. The zero-order valence-corrected chi connectivity index (χ0v) is 14.1. The predicted octanol–water partition coefficient (Wildman–Crippen LogP) is 2.05. The number of hydrogen-bond acceptors (Lipinski definition) is 8. The third-order valence-corrected chi connectivity index (χ3v) is 4.14. The first-order chi connectivity index (χ1) is 12.6. The van der Waals surface area contributed by atoms with E-state index in [9.17, 15) is 4.79 Å². The van der Waals surface area contributed by atoms with Gasteiger partial charge in [0.2, 0.25) is 5.89 Å². The fraction of sp³-hybridized carbons (Fsp3) is 0.0625. The van der Waals surface area contributed by atoms with Gasteiger partial charge in [-0.3, -0.25) is 9.59 Å². The molecule has 0 aliphatic rings. The molecule has 0 saturated carbocycles. The van der Waals surface area contributed by atoms with Crippen LogP contribution in [-0.4, -0.2) is 32.4 Å². The molecule has 0 aliphatic heterocycles. The van der Waals surface area contributed by atoms with Crippen molar-refractivity contribution in [3.63, 3.8) is 0 Å². The number of pyridine rings is 1. The van der Waals surface area contributed by atoms with E-state index in [1.165, 1.54) is 11.3 Å². The number of carbonyl (C=O) groups excluding carboxylic acids is 1. The molecule has 1 aromatic carbocycles. The number of amides is 1. The molecule has 0 radical (unpaired) electrons. The first kappa shape index (κ1) is 17.3. The number of fused-ring (bicyclic) bond motifs is 2. The van der Waals surface area contributed by atoms with Crippen molar-refractivity contribution in [1.82, 2.24) is 20.3 Å². The number of nitrogens with two attached hydrogens (primary N) is 1. The molecule has 10 heteroatoms. The minimum absolute atomic E-state index is 0.187. The van der Waals surface area contributed by atoms with Gasteiger partial charge in [-0.1, -0.05) is 11.3 Å². The Morgan fingerprint density at radius 1 is 1.35 bits per heavy atom. The molecule has 4 rings (SSSR count). The molecule has 4 aromatic rings. The molecule has 0 fully saturated rings. The van der Waals surface area contributed by atoms with Gasteiger partial charge in [-0.15, -0.1) is 0 Å². The Labute approximate surface area is 150 Å². The highest BCUT2D eigenvalue weighted by Gasteiger charge is 2.11. The number of oxazole rings is 1. The molecule has 4 N–H and O–H groups in total. The molecule has 0 aliphatic carbocycles. The van der Waals surface area contributed by atoms with Gasteiger partial charge in [-0.05, 0) is 30.3 Å². The highest BCUT2D eigenvalue weighted by atomic mass is 32.1. The molecule has 26 heavy (non-hydrogen) atoms. The standard InChI is InChI=1S/C15H11N5O2S.CH2O2/c16-15-19-9-6-8(3-4-11(9)23-15)14(21)18-7-12-20-13-10(22-12)2-1-5-17-13;2-1-3/h1-6H,7H2,(H2,16,19)(H,18,21);1H,(H,2,3). The predicted molar refractivity (Wildman–Crippen MR) is 95.7 cm³/mol. The second-order valence-electron chi connectivity index (χ2n) is 4.96. The largest absolute Gasteiger partial charge is 0.483 e. The topological polar surface area (TPSA) is 144 Å². The lowest BCUT2D eigenvalue weighted by atomic mass is 10.2. The number of anilines is 1. The monoisotopic (exact) mass is 371 g/mol. The summed E-state index contributed by atoms with van der Waals surface area (Å²) in [6.07, 6.45) is 1.64. The fourth-order valence-corrected chi connectivity index (χ4v) is 2.95. The summed E-state index contributed by atoms with van der Waals surface area (Å²) in [7, 11) is 0. The van der Waals surface area contributed by atoms with Gasteiger partial charge in [0, 0.05) is 11.8 Å². The smallest absolute Gasteiger partial charge is 0.290 e. The third-order valence-electron chi connectivity index (χ3n) is 3.28. The van der Waals surface area contributed by atoms with Crippen molar-refractivity contribution in [2.24, 2.45) is 0 Å². The van der Waals surface area contributed by atoms with Crippen LogP contribution in [0.15, 0.2) is 40.9 Å². The normalized spacial score (nSPS) is 10.3. The molecular formula is C16H13N5O4S. The average molecular weight is 371 g/mol. The van der Waals surface area contributed by atoms with Crippen LogP contribution in [0.25, 0.3) is 21.4 Å². The Balaban J connectivity index is 0.000000613. The zero-order valence-electron chi connectivity index (χ0n) is 13.2. The maximum Gasteiger partial charge on any atom is 0.290 e. The number of thiazole rings is 1. The minimum atomic E-state index is -0.250. The zero-order chi connectivity index (χ0) is 18.5. The first-order valence-electron chi connectivity index (χ1n) is 7.33. The third kappa shape index (κ3) is 3.75. The molecule has 0 saturated heterocycles. The van der Waals surface area contributed by atoms with Gasteiger partial charge in [0.1, 0.15) is 0 Å². The lowest BCUT2D eigenvalue weighted by Crippen LogP contribution is -2.22. The summed E-state index contributed by atoms with van der Waals surface area (Å²) in [5.41, 5.74) is 8.01. The molecule has 3 aromatic heterocycles. The van der Waals surface area contributed by atoms with Crippen molar-refractivity contribution in [2.45, 2.75) is 6.54 Å². The van der Waals surface area contributed by atoms with Crippen LogP contribution >= 0.6 is 11.3 Å². The molecule has 0 bridgehead atoms. The number of rotatable bonds is 3. The minimum Gasteiger partial charge on any atom is -0.483 e. The number of benzene rings is 1. The number of carboxylic acid groups (broad SMARTS) is 1. The molecule has 132 valence electrons. The molecule has 3 heterocycles. The average Bonchev–Trinajstić information content (AvgIpc) is 3.21. The van der Waals surface area contributed by atoms with Crippen LogP contribution < -0.4 is 11.1 Å². The van der Waals surface area contributed by atoms with Gasteiger partial charge in [0.25, 0.3) is 12.4 Å². The van der Waals surface area contributed by atoms with Gasteiger partial charge in [-0.25, -0.2) is 9.97 Å². The lowest BCUT2D eigenvalue weighted by Gasteiger charge is -2.02. The van der Waals surface area contributed by atoms with Gasteiger partial charge >= 0.3 is 0 Å². The molecular weight excluding hydrogens is 358 g/mol. The van der Waals surface area contributed by atoms with Crippen molar-refractivity contribution in [3.05, 3.63) is 48.0 Å². The maximum atomic E-state index is 12.2. The van der Waals surface area contributed by atoms with Crippen LogP contribution in [0.4, 0.5) is 5.13 Å². The van der Waals surface area contributed by atoms with Gasteiger partial charge < -0.3 is 20.6 Å². The quantitative estimate of drug-likeness (QED) is 0.464. The van der Waals surface area contributed by atoms with Crippen LogP contribution in [-0.2, 0) is 11.3 Å². The van der Waals surface area contributed by atoms with Gasteiger partial charge in [0.15, 0.2) is 16.4 Å². The Kier molecular flexibility index (Phi) is 5.04. The molecule has 0 atom stereocenters. The summed E-state index contributed by atoms with van der Waals surface area (Å²) < 4.78 is 6.46. The number of nitrogens with one attached hydrogen (secondary N) is 1. The summed E-state index contributed by atoms with van der Waals surface area (Å²) in [6.45, 7) is -0.0631. The van der Waals surface area contributed by atoms with E-state index in [0.717, 1.165) is 4.70 Å². The van der Waals surface area contributed by atoms with Gasteiger partial charge in [0.05, 0.1) is 16.8 Å². The second-order valence-corrected chi connectivity index (χ2v) is 6.02. The van der Waals surface area contributed by atoms with E-state index in [1.807, 2.05) is 6.07 Å². The SMILES string of the molecule is Nc1nc2cc(C(=O)NCc3nc4ncccc4o3)ccc2s1.O=CO. The van der Waals surface area contributed by atoms with Crippen molar-refractivity contribution < 1.29 is 19.1 Å². The highest BCUT2D eigenvalue weighted by molar-refractivity contribution is 7.22. The summed E-state index contributed by atoms with van der Waals surface area (Å²) >= 11 is 1.39. The fourth-order valence-electron chi connectivity index (χ4n) is 2.23. The van der Waals surface area contributed by atoms with Crippen LogP contribution in [0.2, 0.25) is 0 Å². The summed E-state index contributed by atoms with van der Waals surface area (Å²) in [5, 5.41) is 10.1. The first-order valence-corrected chi connectivity index (χ1v) is 8.15. The molecule has 9 nitrogen and oxygen atoms in total. The van der Waals surface area contributed by atoms with E-state index in [4.69, 9.17) is 20.1 Å². The Bertz CT molecular complexity index is 1040. The van der Waals surface area contributed by atoms with Crippen molar-refractivity contribution >= 4 is 50.3 Å². The summed E-state index contributed by atoms with van der Waals surface area (Å²) in [4.78, 5) is 33.1. The summed E-state index contributed by atoms with van der Waals surface area (Å²) in [5.74, 6) is 0.180. The van der Waals surface area contributed by atoms with E-state index in [1.54, 1.807) is 30.5 Å². The molecule has 0 spiro atoms. The Morgan fingerprint density at radius 2 is 2.15 bits per heavy atom. The molecule has 1 amide bonds. The van der Waals surface area contributed by atoms with E-state index in [-0.39, 0.29) is 18.9 Å². The van der Waals surface area contributed by atoms with E-state index >= 15 is 0 Å². The van der Waals surface area contributed by atoms with Crippen LogP contribution in [0.5, 0.6) is 0 Å². The summed E-state index contributed by atoms with van der Waals surface area (Å²) in [6, 6.07) is 8.83. The number of aromatic nitrogens is 3. The highest BCUT2D eigenvalue weighted by Crippen LogP contribution is 2.24. The van der Waals surface area contributed by atoms with Crippen LogP contribution in [0.3, 0.4) is 0 Å².